The third-order valence-electron chi connectivity index (χ3n) is 5.96. The highest BCUT2D eigenvalue weighted by molar-refractivity contribution is 5.88. The molecule has 0 bridgehead atoms. The maximum absolute atomic E-state index is 13.3. The first-order valence-electron chi connectivity index (χ1n) is 10.1. The van der Waals surface area contributed by atoms with Crippen LogP contribution in [0.3, 0.4) is 0 Å². The van der Waals surface area contributed by atoms with Crippen LogP contribution in [0, 0.1) is 0 Å². The van der Waals surface area contributed by atoms with Crippen molar-refractivity contribution < 1.29 is 19.1 Å². The zero-order valence-corrected chi connectivity index (χ0v) is 19.4. The predicted octanol–water partition coefficient (Wildman–Crippen LogP) is 3.17. The fourth-order valence-corrected chi connectivity index (χ4v) is 4.15. The molecule has 0 radical (unpaired) electrons. The minimum Gasteiger partial charge on any atom is -0.497 e. The molecule has 2 aliphatic rings. The second-order valence-electron chi connectivity index (χ2n) is 7.70. The topological polar surface area (TPSA) is 60.0 Å². The van der Waals surface area contributed by atoms with Gasteiger partial charge in [-0.1, -0.05) is 42.5 Å². The first-order chi connectivity index (χ1) is 14.2. The lowest BCUT2D eigenvalue weighted by Crippen LogP contribution is -2.53. The van der Waals surface area contributed by atoms with Crippen LogP contribution < -0.4 is 10.1 Å². The largest absolute Gasteiger partial charge is 0.497 e. The molecule has 1 aliphatic carbocycles. The summed E-state index contributed by atoms with van der Waals surface area (Å²) < 4.78 is 10.8. The van der Waals surface area contributed by atoms with Crippen molar-refractivity contribution in [2.45, 2.75) is 30.4 Å². The number of carbonyl (C=O) groups excluding carboxylic acids is 1. The number of benzene rings is 2. The number of ether oxygens (including phenoxy) is 2. The summed E-state index contributed by atoms with van der Waals surface area (Å²) in [5, 5.41) is 5.25. The Morgan fingerprint density at radius 3 is 2.42 bits per heavy atom. The number of hydroxylamine groups is 2. The molecule has 0 spiro atoms. The van der Waals surface area contributed by atoms with Gasteiger partial charge in [0, 0.05) is 26.7 Å². The van der Waals surface area contributed by atoms with E-state index in [1.54, 1.807) is 14.2 Å². The molecule has 0 aromatic heterocycles. The summed E-state index contributed by atoms with van der Waals surface area (Å²) >= 11 is 0. The van der Waals surface area contributed by atoms with Crippen molar-refractivity contribution in [2.75, 3.05) is 33.9 Å². The molecule has 31 heavy (non-hydrogen) atoms. The summed E-state index contributed by atoms with van der Waals surface area (Å²) in [5.41, 5.74) is 1.39. The molecule has 170 valence electrons. The molecule has 1 saturated carbocycles. The molecule has 0 amide bonds. The van der Waals surface area contributed by atoms with E-state index < -0.39 is 5.41 Å². The average molecular weight is 469 g/mol. The number of hydrogen-bond donors (Lipinski definition) is 1. The van der Waals surface area contributed by atoms with Crippen LogP contribution in [0.15, 0.2) is 54.6 Å². The van der Waals surface area contributed by atoms with Crippen LogP contribution in [-0.2, 0) is 26.2 Å². The summed E-state index contributed by atoms with van der Waals surface area (Å²) in [4.78, 5) is 19.3. The van der Waals surface area contributed by atoms with Gasteiger partial charge in [0.15, 0.2) is 0 Å². The van der Waals surface area contributed by atoms with Crippen molar-refractivity contribution in [1.29, 1.82) is 0 Å². The Balaban J connectivity index is 0.00000171. The minimum atomic E-state index is -0.747. The maximum Gasteiger partial charge on any atom is 0.338 e. The standard InChI is InChI=1S/C23H28N2O4.2ClH/c1-27-20-10-8-18(9-11-20)23(15-21(23)28-2)22(26)29-25-13-12-24-16-19(25)14-17-6-4-3-5-7-17;;/h3-11,19,21,24H,12-16H2,1-2H3;2*1H. The summed E-state index contributed by atoms with van der Waals surface area (Å²) in [6, 6.07) is 18.0. The molecule has 2 aromatic rings. The van der Waals surface area contributed by atoms with Crippen molar-refractivity contribution >= 4 is 30.8 Å². The first kappa shape index (κ1) is 25.4. The molecular weight excluding hydrogens is 439 g/mol. The van der Waals surface area contributed by atoms with Crippen LogP contribution in [0.25, 0.3) is 0 Å². The Bertz CT molecular complexity index is 837. The third kappa shape index (κ3) is 5.33. The molecule has 2 aromatic carbocycles. The van der Waals surface area contributed by atoms with Gasteiger partial charge in [-0.05, 0) is 36.1 Å². The van der Waals surface area contributed by atoms with E-state index in [9.17, 15) is 4.79 Å². The number of methoxy groups -OCH3 is 2. The lowest BCUT2D eigenvalue weighted by atomic mass is 9.95. The van der Waals surface area contributed by atoms with Gasteiger partial charge in [0.1, 0.15) is 11.2 Å². The Morgan fingerprint density at radius 2 is 1.81 bits per heavy atom. The Kier molecular flexibility index (Phi) is 9.15. The van der Waals surface area contributed by atoms with Crippen LogP contribution in [0.1, 0.15) is 17.5 Å². The van der Waals surface area contributed by atoms with E-state index in [2.05, 4.69) is 17.4 Å². The predicted molar refractivity (Wildman–Crippen MR) is 124 cm³/mol. The van der Waals surface area contributed by atoms with Gasteiger partial charge in [0.05, 0.1) is 19.3 Å². The minimum absolute atomic E-state index is 0. The monoisotopic (exact) mass is 468 g/mol. The number of halogens is 2. The van der Waals surface area contributed by atoms with E-state index in [1.807, 2.05) is 47.5 Å². The average Bonchev–Trinajstić information content (AvgIpc) is 3.52. The van der Waals surface area contributed by atoms with Gasteiger partial charge in [0.25, 0.3) is 0 Å². The van der Waals surface area contributed by atoms with Crippen LogP contribution >= 0.6 is 24.8 Å². The van der Waals surface area contributed by atoms with Gasteiger partial charge in [-0.25, -0.2) is 4.79 Å². The number of nitrogens with one attached hydrogen (secondary N) is 1. The smallest absolute Gasteiger partial charge is 0.338 e. The fourth-order valence-electron chi connectivity index (χ4n) is 4.15. The Morgan fingerprint density at radius 1 is 1.10 bits per heavy atom. The molecule has 3 atom stereocenters. The molecule has 3 unspecified atom stereocenters. The van der Waals surface area contributed by atoms with Gasteiger partial charge in [-0.2, -0.15) is 0 Å². The van der Waals surface area contributed by atoms with E-state index >= 15 is 0 Å². The highest BCUT2D eigenvalue weighted by Crippen LogP contribution is 2.51. The van der Waals surface area contributed by atoms with Crippen LogP contribution in [0.5, 0.6) is 5.75 Å². The molecular formula is C23H30Cl2N2O4. The molecule has 8 heteroatoms. The molecule has 2 fully saturated rings. The van der Waals surface area contributed by atoms with Gasteiger partial charge in [-0.3, -0.25) is 0 Å². The van der Waals surface area contributed by atoms with Crippen molar-refractivity contribution in [3.05, 3.63) is 65.7 Å². The van der Waals surface area contributed by atoms with Gasteiger partial charge < -0.3 is 19.6 Å². The SMILES string of the molecule is COc1ccc(C2(C(=O)ON3CCNCC3Cc3ccccc3)CC2OC)cc1.Cl.Cl. The zero-order valence-electron chi connectivity index (χ0n) is 17.8. The zero-order chi connectivity index (χ0) is 20.3. The van der Waals surface area contributed by atoms with Gasteiger partial charge >= 0.3 is 5.97 Å². The van der Waals surface area contributed by atoms with Gasteiger partial charge in [0.2, 0.25) is 0 Å². The molecule has 1 heterocycles. The maximum atomic E-state index is 13.3. The quantitative estimate of drug-likeness (QED) is 0.673. The van der Waals surface area contributed by atoms with Crippen molar-refractivity contribution in [3.63, 3.8) is 0 Å². The van der Waals surface area contributed by atoms with Crippen LogP contribution in [-0.4, -0.2) is 57.0 Å². The van der Waals surface area contributed by atoms with Gasteiger partial charge in [-0.15, -0.1) is 29.9 Å². The van der Waals surface area contributed by atoms with E-state index in [4.69, 9.17) is 14.3 Å². The fraction of sp³-hybridized carbons (Fsp3) is 0.435. The summed E-state index contributed by atoms with van der Waals surface area (Å²) in [7, 11) is 3.28. The Hall–Kier alpha value is -1.83. The number of hydrogen-bond acceptors (Lipinski definition) is 6. The highest BCUT2D eigenvalue weighted by atomic mass is 35.5. The van der Waals surface area contributed by atoms with E-state index in [-0.39, 0.29) is 42.9 Å². The van der Waals surface area contributed by atoms with E-state index in [0.29, 0.717) is 13.0 Å². The van der Waals surface area contributed by atoms with E-state index in [0.717, 1.165) is 30.8 Å². The number of rotatable bonds is 7. The lowest BCUT2D eigenvalue weighted by Gasteiger charge is -2.35. The molecule has 1 saturated heterocycles. The second-order valence-corrected chi connectivity index (χ2v) is 7.70. The summed E-state index contributed by atoms with van der Waals surface area (Å²) in [6.07, 6.45) is 1.29. The molecule has 1 N–H and O–H groups in total. The number of piperazine rings is 1. The van der Waals surface area contributed by atoms with Crippen molar-refractivity contribution in [3.8, 4) is 5.75 Å². The first-order valence-corrected chi connectivity index (χ1v) is 10.1. The normalized spacial score (nSPS) is 25.0. The Labute approximate surface area is 196 Å². The van der Waals surface area contributed by atoms with Crippen molar-refractivity contribution in [2.24, 2.45) is 0 Å². The van der Waals surface area contributed by atoms with Crippen LogP contribution in [0.4, 0.5) is 0 Å². The number of nitrogens with zero attached hydrogens (tertiary/aromatic N) is 1. The molecule has 6 nitrogen and oxygen atoms in total. The van der Waals surface area contributed by atoms with Crippen molar-refractivity contribution in [1.82, 2.24) is 10.4 Å². The molecule has 1 aliphatic heterocycles. The third-order valence-corrected chi connectivity index (χ3v) is 5.96. The second kappa shape index (κ2) is 11.2. The lowest BCUT2D eigenvalue weighted by molar-refractivity contribution is -0.209. The summed E-state index contributed by atoms with van der Waals surface area (Å²) in [6.45, 7) is 2.24. The molecule has 4 rings (SSSR count). The van der Waals surface area contributed by atoms with E-state index in [1.165, 1.54) is 5.56 Å². The summed E-state index contributed by atoms with van der Waals surface area (Å²) in [5.74, 6) is 0.520. The van der Waals surface area contributed by atoms with Crippen LogP contribution in [0.2, 0.25) is 0 Å². The highest BCUT2D eigenvalue weighted by Gasteiger charge is 2.64. The number of carbonyl (C=O) groups is 1.